The van der Waals surface area contributed by atoms with Gasteiger partial charge in [0.2, 0.25) is 0 Å². The average Bonchev–Trinajstić information content (AvgIpc) is 2.91. The van der Waals surface area contributed by atoms with Crippen LogP contribution in [0.4, 0.5) is 0 Å². The molecular weight excluding hydrogens is 468 g/mol. The molecule has 0 amide bonds. The van der Waals surface area contributed by atoms with Crippen LogP contribution < -0.4 is 10.4 Å². The van der Waals surface area contributed by atoms with Gasteiger partial charge in [0.25, 0.3) is 0 Å². The molecule has 0 aliphatic heterocycles. The highest BCUT2D eigenvalue weighted by molar-refractivity contribution is 6.92. The first kappa shape index (κ1) is 31.8. The molecule has 3 heteroatoms. The van der Waals surface area contributed by atoms with Gasteiger partial charge in [0, 0.05) is 6.61 Å². The summed E-state index contributed by atoms with van der Waals surface area (Å²) in [5, 5.41) is 2.42. The van der Waals surface area contributed by atoms with Gasteiger partial charge in [0.1, 0.15) is 0 Å². The van der Waals surface area contributed by atoms with E-state index < -0.39 is 8.56 Å². The quantitative estimate of drug-likeness (QED) is 0.120. The number of hydrogen-bond acceptors (Lipinski definition) is 2. The minimum atomic E-state index is -2.84. The van der Waals surface area contributed by atoms with Gasteiger partial charge in [-0.3, -0.25) is 0 Å². The highest BCUT2D eigenvalue weighted by Gasteiger charge is 2.45. The molecule has 0 spiro atoms. The SMILES string of the molecule is CCCCCCCCCCCCCCCO[Si](OC(C(C)C)C(C)C)(c1ccccc1)c1ccccc1. The number of unbranched alkanes of at least 4 members (excludes halogenated alkanes) is 12. The van der Waals surface area contributed by atoms with Gasteiger partial charge in [-0.05, 0) is 28.6 Å². The summed E-state index contributed by atoms with van der Waals surface area (Å²) in [4.78, 5) is 0. The highest BCUT2D eigenvalue weighted by atomic mass is 28.4. The monoisotopic (exact) mass is 524 g/mol. The van der Waals surface area contributed by atoms with Crippen LogP contribution in [-0.2, 0) is 8.85 Å². The maximum Gasteiger partial charge on any atom is 0.407 e. The Bertz CT molecular complexity index is 742. The third-order valence-corrected chi connectivity index (χ3v) is 10.9. The molecule has 0 aromatic heterocycles. The van der Waals surface area contributed by atoms with Crippen molar-refractivity contribution in [1.29, 1.82) is 0 Å². The second kappa shape index (κ2) is 18.8. The molecule has 0 heterocycles. The summed E-state index contributed by atoms with van der Waals surface area (Å²) >= 11 is 0. The third kappa shape index (κ3) is 11.5. The van der Waals surface area contributed by atoms with Gasteiger partial charge in [-0.2, -0.15) is 0 Å². The Morgan fingerprint density at radius 3 is 1.30 bits per heavy atom. The topological polar surface area (TPSA) is 18.5 Å². The molecule has 0 aliphatic carbocycles. The van der Waals surface area contributed by atoms with Crippen LogP contribution in [-0.4, -0.2) is 21.3 Å². The number of rotatable bonds is 21. The lowest BCUT2D eigenvalue weighted by atomic mass is 9.97. The first-order chi connectivity index (χ1) is 18.0. The van der Waals surface area contributed by atoms with E-state index in [4.69, 9.17) is 8.85 Å². The molecule has 0 aliphatic rings. The van der Waals surface area contributed by atoms with Crippen molar-refractivity contribution in [2.75, 3.05) is 6.61 Å². The second-order valence-corrected chi connectivity index (χ2v) is 14.4. The van der Waals surface area contributed by atoms with E-state index in [1.807, 2.05) is 0 Å². The second-order valence-electron chi connectivity index (χ2n) is 11.5. The molecule has 0 unspecified atom stereocenters. The summed E-state index contributed by atoms with van der Waals surface area (Å²) in [7, 11) is -2.84. The van der Waals surface area contributed by atoms with Crippen LogP contribution in [0.15, 0.2) is 60.7 Å². The van der Waals surface area contributed by atoms with Gasteiger partial charge in [0.05, 0.1) is 6.10 Å². The standard InChI is InChI=1S/C34H56O2Si/c1-6-7-8-9-10-11-12-13-14-15-16-17-24-29-35-37(32-25-20-18-21-26-32,33-27-22-19-23-28-33)36-34(30(2)3)31(4)5/h18-23,25-28,30-31,34H,6-17,24,29H2,1-5H3. The Morgan fingerprint density at radius 1 is 0.541 bits per heavy atom. The molecule has 2 nitrogen and oxygen atoms in total. The fourth-order valence-corrected chi connectivity index (χ4v) is 9.02. The summed E-state index contributed by atoms with van der Waals surface area (Å²) in [6, 6.07) is 21.5. The summed E-state index contributed by atoms with van der Waals surface area (Å²) in [6.07, 6.45) is 17.8. The van der Waals surface area contributed by atoms with Crippen molar-refractivity contribution in [2.24, 2.45) is 11.8 Å². The van der Waals surface area contributed by atoms with Gasteiger partial charge < -0.3 is 8.85 Å². The molecule has 0 N–H and O–H groups in total. The van der Waals surface area contributed by atoms with E-state index in [0.29, 0.717) is 11.8 Å². The zero-order valence-electron chi connectivity index (χ0n) is 24.7. The van der Waals surface area contributed by atoms with E-state index in [-0.39, 0.29) is 6.10 Å². The van der Waals surface area contributed by atoms with Gasteiger partial charge in [-0.15, -0.1) is 0 Å². The summed E-state index contributed by atoms with van der Waals surface area (Å²) in [6.45, 7) is 12.1. The molecule has 0 fully saturated rings. The van der Waals surface area contributed by atoms with E-state index in [2.05, 4.69) is 95.3 Å². The van der Waals surface area contributed by atoms with Gasteiger partial charge in [-0.25, -0.2) is 0 Å². The minimum Gasteiger partial charge on any atom is -0.388 e. The normalized spacial score (nSPS) is 12.2. The molecule has 2 aromatic carbocycles. The Labute approximate surface area is 230 Å². The van der Waals surface area contributed by atoms with E-state index in [1.54, 1.807) is 0 Å². The van der Waals surface area contributed by atoms with E-state index in [9.17, 15) is 0 Å². The average molecular weight is 525 g/mol. The zero-order valence-corrected chi connectivity index (χ0v) is 25.7. The van der Waals surface area contributed by atoms with Crippen molar-refractivity contribution in [3.63, 3.8) is 0 Å². The smallest absolute Gasteiger partial charge is 0.388 e. The van der Waals surface area contributed by atoms with Crippen LogP contribution in [0.2, 0.25) is 0 Å². The summed E-state index contributed by atoms with van der Waals surface area (Å²) < 4.78 is 14.1. The zero-order chi connectivity index (χ0) is 26.8. The number of benzene rings is 2. The predicted octanol–water partition coefficient (Wildman–Crippen LogP) is 9.05. The van der Waals surface area contributed by atoms with Crippen molar-refractivity contribution in [3.05, 3.63) is 60.7 Å². The molecule has 0 saturated carbocycles. The lowest BCUT2D eigenvalue weighted by Gasteiger charge is -2.38. The molecule has 0 saturated heterocycles. The lowest BCUT2D eigenvalue weighted by molar-refractivity contribution is 0.0630. The van der Waals surface area contributed by atoms with Crippen LogP contribution in [0.1, 0.15) is 118 Å². The van der Waals surface area contributed by atoms with Crippen molar-refractivity contribution in [2.45, 2.75) is 124 Å². The van der Waals surface area contributed by atoms with Crippen molar-refractivity contribution in [1.82, 2.24) is 0 Å². The van der Waals surface area contributed by atoms with Gasteiger partial charge in [-0.1, -0.05) is 172 Å². The maximum absolute atomic E-state index is 7.16. The van der Waals surface area contributed by atoms with Gasteiger partial charge in [0.15, 0.2) is 0 Å². The van der Waals surface area contributed by atoms with E-state index in [0.717, 1.165) is 13.0 Å². The Hall–Kier alpha value is -1.42. The molecule has 0 atom stereocenters. The summed E-state index contributed by atoms with van der Waals surface area (Å²) in [5.74, 6) is 0.860. The Kier molecular flexibility index (Phi) is 16.1. The van der Waals surface area contributed by atoms with Crippen molar-refractivity contribution < 1.29 is 8.85 Å². The van der Waals surface area contributed by atoms with Crippen LogP contribution in [0, 0.1) is 11.8 Å². The molecule has 0 radical (unpaired) electrons. The number of hydrogen-bond donors (Lipinski definition) is 0. The first-order valence-corrected chi connectivity index (χ1v) is 17.3. The largest absolute Gasteiger partial charge is 0.407 e. The molecule has 0 bridgehead atoms. The fraction of sp³-hybridized carbons (Fsp3) is 0.647. The minimum absolute atomic E-state index is 0.152. The lowest BCUT2D eigenvalue weighted by Crippen LogP contribution is -2.65. The predicted molar refractivity (Wildman–Crippen MR) is 164 cm³/mol. The van der Waals surface area contributed by atoms with Crippen LogP contribution in [0.5, 0.6) is 0 Å². The highest BCUT2D eigenvalue weighted by Crippen LogP contribution is 2.23. The van der Waals surface area contributed by atoms with Crippen molar-refractivity contribution >= 4 is 18.9 Å². The summed E-state index contributed by atoms with van der Waals surface area (Å²) in [5.41, 5.74) is 0. The van der Waals surface area contributed by atoms with Crippen LogP contribution >= 0.6 is 0 Å². The molecular formula is C34H56O2Si. The molecule has 2 aromatic rings. The Morgan fingerprint density at radius 2 is 0.919 bits per heavy atom. The molecule has 37 heavy (non-hydrogen) atoms. The van der Waals surface area contributed by atoms with Crippen molar-refractivity contribution in [3.8, 4) is 0 Å². The fourth-order valence-electron chi connectivity index (χ4n) is 5.39. The van der Waals surface area contributed by atoms with E-state index in [1.165, 1.54) is 87.4 Å². The van der Waals surface area contributed by atoms with Crippen LogP contribution in [0.25, 0.3) is 0 Å². The third-order valence-electron chi connectivity index (χ3n) is 7.48. The van der Waals surface area contributed by atoms with Gasteiger partial charge >= 0.3 is 8.56 Å². The molecule has 2 rings (SSSR count). The Balaban J connectivity index is 1.91. The molecule has 208 valence electrons. The van der Waals surface area contributed by atoms with E-state index >= 15 is 0 Å². The maximum atomic E-state index is 7.16. The van der Waals surface area contributed by atoms with Crippen LogP contribution in [0.3, 0.4) is 0 Å². The first-order valence-electron chi connectivity index (χ1n) is 15.4.